The van der Waals surface area contributed by atoms with Crippen LogP contribution in [0.25, 0.3) is 0 Å². The molecule has 0 spiro atoms. The number of aliphatic hydroxyl groups is 1. The molecular formula is C15H32N2O. The monoisotopic (exact) mass is 256 g/mol. The van der Waals surface area contributed by atoms with Gasteiger partial charge in [-0.3, -0.25) is 0 Å². The average molecular weight is 256 g/mol. The van der Waals surface area contributed by atoms with Gasteiger partial charge in [0.15, 0.2) is 0 Å². The molecule has 1 atom stereocenters. The molecular weight excluding hydrogens is 224 g/mol. The van der Waals surface area contributed by atoms with E-state index >= 15 is 0 Å². The fraction of sp³-hybridized carbons (Fsp3) is 1.00. The highest BCUT2D eigenvalue weighted by Gasteiger charge is 2.21. The molecule has 0 heterocycles. The Hall–Kier alpha value is -0.120. The summed E-state index contributed by atoms with van der Waals surface area (Å²) >= 11 is 0. The van der Waals surface area contributed by atoms with Gasteiger partial charge < -0.3 is 15.3 Å². The molecule has 3 nitrogen and oxygen atoms in total. The van der Waals surface area contributed by atoms with Crippen LogP contribution in [0.5, 0.6) is 0 Å². The van der Waals surface area contributed by atoms with Crippen molar-refractivity contribution in [2.24, 2.45) is 5.92 Å². The van der Waals surface area contributed by atoms with Gasteiger partial charge in [0, 0.05) is 12.1 Å². The number of hydrogen-bond donors (Lipinski definition) is 2. The lowest BCUT2D eigenvalue weighted by Gasteiger charge is -2.34. The molecule has 1 rings (SSSR count). The largest absolute Gasteiger partial charge is 0.395 e. The number of nitrogens with one attached hydrogen (secondary N) is 1. The Labute approximate surface area is 113 Å². The Morgan fingerprint density at radius 2 is 1.94 bits per heavy atom. The van der Waals surface area contributed by atoms with Crippen molar-refractivity contribution in [3.8, 4) is 0 Å². The van der Waals surface area contributed by atoms with Crippen molar-refractivity contribution in [2.75, 3.05) is 26.7 Å². The molecule has 1 aliphatic rings. The van der Waals surface area contributed by atoms with Gasteiger partial charge in [-0.05, 0) is 64.6 Å². The van der Waals surface area contributed by atoms with E-state index in [2.05, 4.69) is 31.1 Å². The number of aliphatic hydroxyl groups excluding tert-OH is 1. The molecule has 0 radical (unpaired) electrons. The molecule has 0 aromatic carbocycles. The van der Waals surface area contributed by atoms with Gasteiger partial charge in [-0.1, -0.05) is 13.8 Å². The van der Waals surface area contributed by atoms with Gasteiger partial charge in [0.1, 0.15) is 0 Å². The number of hydrogen-bond acceptors (Lipinski definition) is 3. The molecule has 0 aromatic heterocycles. The lowest BCUT2D eigenvalue weighted by atomic mass is 9.86. The molecule has 1 fully saturated rings. The summed E-state index contributed by atoms with van der Waals surface area (Å²) in [6.45, 7) is 6.90. The van der Waals surface area contributed by atoms with E-state index in [4.69, 9.17) is 0 Å². The highest BCUT2D eigenvalue weighted by atomic mass is 16.3. The van der Waals surface area contributed by atoms with Crippen LogP contribution in [-0.2, 0) is 0 Å². The summed E-state index contributed by atoms with van der Waals surface area (Å²) in [5.74, 6) is 0.922. The maximum Gasteiger partial charge on any atom is 0.0585 e. The van der Waals surface area contributed by atoms with Gasteiger partial charge in [0.05, 0.1) is 6.61 Å². The quantitative estimate of drug-likeness (QED) is 0.699. The second kappa shape index (κ2) is 8.89. The van der Waals surface area contributed by atoms with Crippen LogP contribution in [0.1, 0.15) is 52.4 Å². The van der Waals surface area contributed by atoms with Crippen LogP contribution in [0.4, 0.5) is 0 Å². The van der Waals surface area contributed by atoms with Gasteiger partial charge >= 0.3 is 0 Å². The Morgan fingerprint density at radius 1 is 1.28 bits per heavy atom. The molecule has 1 saturated carbocycles. The van der Waals surface area contributed by atoms with Crippen molar-refractivity contribution in [1.82, 2.24) is 10.2 Å². The fourth-order valence-corrected chi connectivity index (χ4v) is 2.83. The van der Waals surface area contributed by atoms with Crippen molar-refractivity contribution < 1.29 is 5.11 Å². The predicted molar refractivity (Wildman–Crippen MR) is 77.8 cm³/mol. The van der Waals surface area contributed by atoms with Crippen molar-refractivity contribution >= 4 is 0 Å². The third-order valence-electron chi connectivity index (χ3n) is 4.34. The number of nitrogens with zero attached hydrogens (tertiary/aromatic N) is 1. The topological polar surface area (TPSA) is 35.5 Å². The first-order valence-corrected chi connectivity index (χ1v) is 7.71. The fourth-order valence-electron chi connectivity index (χ4n) is 2.83. The molecule has 0 bridgehead atoms. The molecule has 2 N–H and O–H groups in total. The van der Waals surface area contributed by atoms with E-state index in [0.717, 1.165) is 37.9 Å². The van der Waals surface area contributed by atoms with Crippen LogP contribution in [0.15, 0.2) is 0 Å². The van der Waals surface area contributed by atoms with E-state index in [1.54, 1.807) is 0 Å². The summed E-state index contributed by atoms with van der Waals surface area (Å²) in [5.41, 5.74) is 0. The van der Waals surface area contributed by atoms with E-state index in [9.17, 15) is 5.11 Å². The summed E-state index contributed by atoms with van der Waals surface area (Å²) in [6, 6.07) is 1.04. The summed E-state index contributed by atoms with van der Waals surface area (Å²) in [4.78, 5) is 2.50. The highest BCUT2D eigenvalue weighted by Crippen LogP contribution is 2.26. The maximum absolute atomic E-state index is 9.33. The van der Waals surface area contributed by atoms with E-state index < -0.39 is 0 Å². The summed E-state index contributed by atoms with van der Waals surface area (Å²) < 4.78 is 0. The lowest BCUT2D eigenvalue weighted by Crippen LogP contribution is -2.40. The molecule has 18 heavy (non-hydrogen) atoms. The van der Waals surface area contributed by atoms with Crippen LogP contribution in [0.2, 0.25) is 0 Å². The molecule has 1 unspecified atom stereocenters. The Balaban J connectivity index is 2.20. The summed E-state index contributed by atoms with van der Waals surface area (Å²) in [7, 11) is 2.24. The van der Waals surface area contributed by atoms with E-state index in [1.165, 1.54) is 25.7 Å². The van der Waals surface area contributed by atoms with Gasteiger partial charge in [-0.25, -0.2) is 0 Å². The minimum atomic E-state index is 0.259. The first kappa shape index (κ1) is 15.9. The molecule has 108 valence electrons. The van der Waals surface area contributed by atoms with E-state index in [0.29, 0.717) is 0 Å². The highest BCUT2D eigenvalue weighted by molar-refractivity contribution is 4.77. The van der Waals surface area contributed by atoms with E-state index in [1.807, 2.05) is 0 Å². The van der Waals surface area contributed by atoms with Crippen molar-refractivity contribution in [3.63, 3.8) is 0 Å². The Kier molecular flexibility index (Phi) is 7.87. The zero-order chi connectivity index (χ0) is 13.4. The van der Waals surface area contributed by atoms with Crippen molar-refractivity contribution in [3.05, 3.63) is 0 Å². The zero-order valence-electron chi connectivity index (χ0n) is 12.5. The first-order chi connectivity index (χ1) is 8.67. The predicted octanol–water partition coefficient (Wildman–Crippen LogP) is 2.25. The van der Waals surface area contributed by atoms with Gasteiger partial charge in [0.2, 0.25) is 0 Å². The van der Waals surface area contributed by atoms with Crippen molar-refractivity contribution in [2.45, 2.75) is 64.5 Å². The van der Waals surface area contributed by atoms with Crippen LogP contribution in [0.3, 0.4) is 0 Å². The Morgan fingerprint density at radius 3 is 2.50 bits per heavy atom. The van der Waals surface area contributed by atoms with Crippen LogP contribution < -0.4 is 5.32 Å². The third-order valence-corrected chi connectivity index (χ3v) is 4.34. The molecule has 3 heteroatoms. The minimum absolute atomic E-state index is 0.259. The minimum Gasteiger partial charge on any atom is -0.395 e. The molecule has 0 aromatic rings. The average Bonchev–Trinajstić information content (AvgIpc) is 2.39. The normalized spacial score (nSPS) is 26.5. The second-order valence-electron chi connectivity index (χ2n) is 6.02. The lowest BCUT2D eigenvalue weighted by molar-refractivity contribution is 0.154. The molecule has 0 amide bonds. The van der Waals surface area contributed by atoms with Crippen LogP contribution in [-0.4, -0.2) is 48.8 Å². The van der Waals surface area contributed by atoms with Crippen LogP contribution >= 0.6 is 0 Å². The summed E-state index contributed by atoms with van der Waals surface area (Å²) in [5, 5.41) is 12.7. The van der Waals surface area contributed by atoms with Gasteiger partial charge in [-0.15, -0.1) is 0 Å². The van der Waals surface area contributed by atoms with Crippen LogP contribution in [0, 0.1) is 5.92 Å². The molecule has 1 aliphatic carbocycles. The third kappa shape index (κ3) is 5.68. The Bertz CT molecular complexity index is 203. The maximum atomic E-state index is 9.33. The standard InChI is InChI=1S/C15H32N2O/c1-4-10-16-14(12-18)9-11-17(3)15-7-5-13(2)6-8-15/h13-16,18H,4-12H2,1-3H3. The first-order valence-electron chi connectivity index (χ1n) is 7.71. The second-order valence-corrected chi connectivity index (χ2v) is 6.02. The molecule has 0 aliphatic heterocycles. The number of rotatable bonds is 8. The summed E-state index contributed by atoms with van der Waals surface area (Å²) in [6.07, 6.45) is 7.65. The van der Waals surface area contributed by atoms with E-state index in [-0.39, 0.29) is 12.6 Å². The smallest absolute Gasteiger partial charge is 0.0585 e. The SMILES string of the molecule is CCCNC(CO)CCN(C)C1CCC(C)CC1. The zero-order valence-corrected chi connectivity index (χ0v) is 12.5. The molecule has 0 saturated heterocycles. The van der Waals surface area contributed by atoms with Crippen molar-refractivity contribution in [1.29, 1.82) is 0 Å². The van der Waals surface area contributed by atoms with Gasteiger partial charge in [-0.2, -0.15) is 0 Å². The van der Waals surface area contributed by atoms with Gasteiger partial charge in [0.25, 0.3) is 0 Å².